The van der Waals surface area contributed by atoms with Crippen LogP contribution in [0.15, 0.2) is 166 Å². The molecule has 0 amide bonds. The number of nitriles is 2. The molecule has 0 unspecified atom stereocenters. The second kappa shape index (κ2) is 70.2. The van der Waals surface area contributed by atoms with Crippen LogP contribution in [0.2, 0.25) is 0 Å². The van der Waals surface area contributed by atoms with Crippen LogP contribution in [0, 0.1) is 39.7 Å². The molecule has 6 atom stereocenters. The van der Waals surface area contributed by atoms with Gasteiger partial charge in [0.15, 0.2) is 0 Å². The Bertz CT molecular complexity index is 5080. The maximum absolute atomic E-state index is 11.1. The third-order valence-corrected chi connectivity index (χ3v) is 24.6. The molecule has 7 fully saturated rings. The van der Waals surface area contributed by atoms with E-state index in [2.05, 4.69) is 222 Å². The number of imidazole rings is 3. The zero-order chi connectivity index (χ0) is 97.0. The van der Waals surface area contributed by atoms with E-state index in [1.54, 1.807) is 25.1 Å². The minimum Gasteiger partial charge on any atom is -1.00 e. The van der Waals surface area contributed by atoms with Gasteiger partial charge in [0, 0.05) is 120 Å². The summed E-state index contributed by atoms with van der Waals surface area (Å²) in [6, 6.07) is 51.1. The van der Waals surface area contributed by atoms with Crippen LogP contribution in [0.1, 0.15) is 187 Å². The number of nitrogen functional groups attached to an aromatic ring is 3. The van der Waals surface area contributed by atoms with Crippen molar-refractivity contribution in [2.24, 2.45) is 0 Å². The monoisotopic (exact) mass is 2130 g/mol. The Morgan fingerprint density at radius 1 is 0.559 bits per heavy atom. The van der Waals surface area contributed by atoms with E-state index in [4.69, 9.17) is 62.3 Å². The Morgan fingerprint density at radius 2 is 0.956 bits per heavy atom. The Balaban J connectivity index is 0.000000522. The van der Waals surface area contributed by atoms with E-state index in [9.17, 15) is 19.7 Å². The molecule has 0 saturated carbocycles. The molecule has 730 valence electrons. The summed E-state index contributed by atoms with van der Waals surface area (Å²) in [7, 11) is -1.46. The molecule has 37 heteroatoms. The van der Waals surface area contributed by atoms with Gasteiger partial charge in [-0.05, 0) is 311 Å². The molecule has 0 radical (unpaired) electrons. The third kappa shape index (κ3) is 47.9. The Labute approximate surface area is 921 Å². The van der Waals surface area contributed by atoms with Crippen molar-refractivity contribution in [3.63, 3.8) is 0 Å². The number of hydrogen-bond acceptors (Lipinski definition) is 26. The number of nitrogens with one attached hydrogen (secondary N) is 5. The predicted molar refractivity (Wildman–Crippen MR) is 549 cm³/mol. The number of hydrogen-bond donors (Lipinski definition) is 10. The second-order valence-corrected chi connectivity index (χ2v) is 36.1. The van der Waals surface area contributed by atoms with Crippen molar-refractivity contribution in [1.82, 2.24) is 60.1 Å². The minimum atomic E-state index is -1.46. The zero-order valence-corrected chi connectivity index (χ0v) is 92.9. The van der Waals surface area contributed by atoms with Crippen molar-refractivity contribution in [2.45, 2.75) is 214 Å². The van der Waals surface area contributed by atoms with E-state index >= 15 is 0 Å². The zero-order valence-electron chi connectivity index (χ0n) is 82.0. The number of fused-ring (bicyclic) bond motifs is 3. The van der Waals surface area contributed by atoms with Crippen molar-refractivity contribution in [1.29, 1.82) is 10.5 Å². The molecule has 7 aliphatic heterocycles. The van der Waals surface area contributed by atoms with Gasteiger partial charge in [-0.2, -0.15) is 10.5 Å². The van der Waals surface area contributed by atoms with Crippen LogP contribution in [-0.2, 0) is 52.7 Å². The van der Waals surface area contributed by atoms with Gasteiger partial charge in [-0.15, -0.1) is 12.4 Å². The fraction of sp³-hybridized carbons (Fsp3) is 0.475. The number of ether oxygens (including phenoxy) is 3. The average Bonchev–Trinajstić information content (AvgIpc) is 1.68. The molecule has 7 saturated heterocycles. The second-order valence-electron chi connectivity index (χ2n) is 33.4. The van der Waals surface area contributed by atoms with Crippen molar-refractivity contribution >= 4 is 147 Å². The topological polar surface area (TPSA) is 443 Å². The predicted octanol–water partition coefficient (Wildman–Crippen LogP) is 10.6. The quantitative estimate of drug-likeness (QED) is 0.00525. The number of benzene rings is 7. The van der Waals surface area contributed by atoms with Crippen molar-refractivity contribution < 1.29 is 158 Å². The van der Waals surface area contributed by atoms with Crippen molar-refractivity contribution in [3.05, 3.63) is 210 Å². The number of esters is 2. The Morgan fingerprint density at radius 3 is 1.30 bits per heavy atom. The number of halogens is 4. The van der Waals surface area contributed by atoms with Crippen LogP contribution < -0.4 is 141 Å². The van der Waals surface area contributed by atoms with Crippen LogP contribution in [0.25, 0.3) is 44.2 Å². The molecule has 7 aromatic carbocycles. The van der Waals surface area contributed by atoms with Crippen LogP contribution >= 0.6 is 60.2 Å². The van der Waals surface area contributed by atoms with Gasteiger partial charge >= 0.3 is 122 Å². The normalized spacial score (nSPS) is 17.6. The number of nitrogens with two attached hydrogens (primary N) is 3. The molecular formula is C99H139BBr3ClK2N18O12. The SMILES string of the molecule is C1CCOC1.C=CC(=O)OCC.CCOC(=O)CCN1CCC[C@H]1C.C[C@@H]1CCCN1.C[C@@H]1CCCN1.C[C@@H]1CCCN1CCc1nc2ccc(-c3ccc(C#N)cc3)cc2[nH]1.C[C@@H]1CCCN1CCc1nc2ccc(Br)cc2[nH]1.Cc1ccc2nc(CCN3CCC[C@H]3C)[nH]c2c1.Cl.N#Cc1ccc(B(O)O)cc1.Nc1ccc(Br)cc1N.Nc1ccc(Br)cc1[N+](=O)[O-].O=CO[O-].[H-].[K+].[K+]. The van der Waals surface area contributed by atoms with Gasteiger partial charge in [-0.25, -0.2) is 19.7 Å². The standard InChI is InChI=1S/C21H22N4.C15H21N3.C14H18BrN3.C10H19NO2.C7H6BNO2.C6H5BrN2O2.C6H7BrN2.2C5H11N.C5H8O2.C4H8O.CH2O3.ClH.2K.H/c1-15-3-2-11-25(15)12-10-21-23-19-9-8-18(13-20(19)24-21)17-6-4-16(14-22)5-7-17;1-11-5-6-13-14(10-11)17-15(16-13)7-9-18-8-3-4-12(18)2;1-10-3-2-7-18(10)8-6-14-16-12-5-4-11(15)9-13(12)17-14;1-3-13-10(12)6-8-11-7-4-5-9(11)2;9-5-6-1-3-7(4-2-6)8(10)11;7-4-1-2-5(8)6(3-4)9(10)11;7-4-1-2-5(8)6(9)3-4;2*1-5-3-2-4-6-5;1-3-5(6)7-4-2;1-2-4-5-3-1;2-1-4-3;;;;/h4-9,13,15H,2-3,10-12H2,1H3,(H,23,24);5-6,10,12H,3-4,7-9H2,1-2H3,(H,16,17);4-5,9-10H,2-3,6-8H2,1H3,(H,16,17);9H,3-8H2,1-2H3;1-4,10-11H;1-3H,8H2;1-3H,8-9H2;2*5-6H,2-4H2,1H3;3H,1,4H2,2H3;1-4H2;1,3H;1H;;;/q;;;;;;;;;;;;;2*+1;-1/p-1/t15-;12-;10-;9-;;;;2*5-;;;;;;;/m1111...11......./s1. The molecule has 10 aromatic rings. The number of carbonyl (C=O) groups is 3. The number of nitro groups is 1. The summed E-state index contributed by atoms with van der Waals surface area (Å²) >= 11 is 9.85. The van der Waals surface area contributed by atoms with Gasteiger partial charge < -0.3 is 98.2 Å². The van der Waals surface area contributed by atoms with Crippen LogP contribution in [0.4, 0.5) is 22.7 Å². The Kier molecular flexibility index (Phi) is 63.9. The van der Waals surface area contributed by atoms with E-state index in [1.165, 1.54) is 170 Å². The number of carbonyl (C=O) groups excluding carboxylic acids is 3. The van der Waals surface area contributed by atoms with Crippen molar-refractivity contribution in [3.8, 4) is 23.3 Å². The molecule has 0 bridgehead atoms. The van der Waals surface area contributed by atoms with Gasteiger partial charge in [-0.1, -0.05) is 90.8 Å². The molecule has 0 aliphatic carbocycles. The number of anilines is 3. The van der Waals surface area contributed by atoms with E-state index in [-0.39, 0.29) is 146 Å². The van der Waals surface area contributed by atoms with E-state index in [0.717, 1.165) is 161 Å². The van der Waals surface area contributed by atoms with E-state index < -0.39 is 12.0 Å². The number of nitro benzene ring substituents is 1. The van der Waals surface area contributed by atoms with Gasteiger partial charge in [0.05, 0.1) is 92.3 Å². The summed E-state index contributed by atoms with van der Waals surface area (Å²) in [5.41, 5.74) is 29.2. The first kappa shape index (κ1) is 124. The average molecular weight is 2140 g/mol. The largest absolute Gasteiger partial charge is 1.00 e. The molecule has 3 aromatic heterocycles. The molecule has 30 nitrogen and oxygen atoms in total. The fourth-order valence-corrected chi connectivity index (χ4v) is 16.5. The number of rotatable bonds is 19. The third-order valence-electron chi connectivity index (χ3n) is 23.1. The molecule has 10 heterocycles. The van der Waals surface area contributed by atoms with Crippen LogP contribution in [-0.4, -0.2) is 218 Å². The smallest absolute Gasteiger partial charge is 1.00 e. The number of aromatic nitrogens is 6. The summed E-state index contributed by atoms with van der Waals surface area (Å²) in [6.07, 6.45) is 23.3. The summed E-state index contributed by atoms with van der Waals surface area (Å²) in [4.78, 5) is 76.5. The molecule has 136 heavy (non-hydrogen) atoms. The van der Waals surface area contributed by atoms with E-state index in [0.29, 0.717) is 64.2 Å². The van der Waals surface area contributed by atoms with Crippen LogP contribution in [0.5, 0.6) is 0 Å². The van der Waals surface area contributed by atoms with Gasteiger partial charge in [-0.3, -0.25) is 19.7 Å². The number of H-pyrrole nitrogens is 3. The Hall–Kier alpha value is -6.45. The summed E-state index contributed by atoms with van der Waals surface area (Å²) in [5, 5.41) is 60.0. The summed E-state index contributed by atoms with van der Waals surface area (Å²) < 4.78 is 16.9. The van der Waals surface area contributed by atoms with Gasteiger partial charge in [0.2, 0.25) is 0 Å². The fourth-order valence-electron chi connectivity index (χ4n) is 15.4. The first-order chi connectivity index (χ1) is 64.0. The molecular weight excluding hydrogens is 2000 g/mol. The maximum atomic E-state index is 11.1. The minimum absolute atomic E-state index is 0. The summed E-state index contributed by atoms with van der Waals surface area (Å²) in [6.45, 7) is 36.8. The first-order valence-corrected chi connectivity index (χ1v) is 48.5. The molecule has 0 spiro atoms. The summed E-state index contributed by atoms with van der Waals surface area (Å²) in [5.74, 6) is 2.85. The van der Waals surface area contributed by atoms with Gasteiger partial charge in [0.1, 0.15) is 23.2 Å². The number of likely N-dealkylation sites (tertiary alicyclic amines) is 4. The maximum Gasteiger partial charge on any atom is 1.00 e. The number of aromatic amines is 3. The first-order valence-electron chi connectivity index (χ1n) is 46.1. The molecule has 13 N–H and O–H groups in total. The number of aryl methyl sites for hydroxylation is 1. The van der Waals surface area contributed by atoms with E-state index in [1.807, 2.05) is 49.4 Å². The van der Waals surface area contributed by atoms with Gasteiger partial charge in [0.25, 0.3) is 12.2 Å². The molecule has 7 aliphatic rings. The molecule has 17 rings (SSSR count). The van der Waals surface area contributed by atoms with Crippen molar-refractivity contribution in [2.75, 3.05) is 109 Å². The number of nitrogens with zero attached hydrogens (tertiary/aromatic N) is 10. The van der Waals surface area contributed by atoms with Crippen LogP contribution in [0.3, 0.4) is 0 Å².